The van der Waals surface area contributed by atoms with Crippen LogP contribution in [0.4, 0.5) is 0 Å². The topological polar surface area (TPSA) is 114 Å². The highest BCUT2D eigenvalue weighted by Crippen LogP contribution is 2.19. The molecule has 0 heterocycles. The highest BCUT2D eigenvalue weighted by Gasteiger charge is 2.26. The average molecular weight is 613 g/mol. The summed E-state index contributed by atoms with van der Waals surface area (Å²) in [6.07, 6.45) is 5.56. The minimum Gasteiger partial charge on any atom is -0.489 e. The van der Waals surface area contributed by atoms with Gasteiger partial charge in [-0.1, -0.05) is 84.9 Å². The fourth-order valence-corrected chi connectivity index (χ4v) is 4.74. The van der Waals surface area contributed by atoms with E-state index < -0.39 is 18.0 Å². The first-order valence-electron chi connectivity index (χ1n) is 15.3. The molecule has 238 valence electrons. The van der Waals surface area contributed by atoms with E-state index in [1.807, 2.05) is 84.9 Å². The highest BCUT2D eigenvalue weighted by molar-refractivity contribution is 5.86. The van der Waals surface area contributed by atoms with Gasteiger partial charge in [0.15, 0.2) is 0 Å². The summed E-state index contributed by atoms with van der Waals surface area (Å²) in [6.45, 7) is 7.59. The molecule has 3 N–H and O–H groups in total. The Morgan fingerprint density at radius 2 is 1.53 bits per heavy atom. The number of hydrogen-bond donors (Lipinski definition) is 3. The number of nitrogens with one attached hydrogen (secondary N) is 2. The summed E-state index contributed by atoms with van der Waals surface area (Å²) in [6, 6.07) is 25.5. The Kier molecular flexibility index (Phi) is 15.1. The lowest BCUT2D eigenvalue weighted by Gasteiger charge is -2.23. The van der Waals surface area contributed by atoms with Crippen LogP contribution in [0, 0.1) is 5.92 Å². The summed E-state index contributed by atoms with van der Waals surface area (Å²) >= 11 is 0. The van der Waals surface area contributed by atoms with Crippen LogP contribution in [0.25, 0.3) is 0 Å². The second-order valence-corrected chi connectivity index (χ2v) is 10.8. The largest absolute Gasteiger partial charge is 0.489 e. The molecule has 3 rings (SSSR count). The number of esters is 1. The average Bonchev–Trinajstić information content (AvgIpc) is 3.06. The van der Waals surface area contributed by atoms with Crippen LogP contribution < -0.4 is 15.4 Å². The van der Waals surface area contributed by atoms with Gasteiger partial charge in [-0.15, -0.1) is 13.2 Å². The van der Waals surface area contributed by atoms with E-state index in [-0.39, 0.29) is 50.3 Å². The molecule has 0 bridgehead atoms. The molecule has 2 amide bonds. The minimum absolute atomic E-state index is 0.0294. The van der Waals surface area contributed by atoms with Crippen molar-refractivity contribution in [3.8, 4) is 5.75 Å². The highest BCUT2D eigenvalue weighted by atomic mass is 16.5. The van der Waals surface area contributed by atoms with Crippen LogP contribution in [0.3, 0.4) is 0 Å². The fourth-order valence-electron chi connectivity index (χ4n) is 4.74. The van der Waals surface area contributed by atoms with Crippen LogP contribution >= 0.6 is 0 Å². The van der Waals surface area contributed by atoms with E-state index in [1.54, 1.807) is 12.2 Å². The lowest BCUT2D eigenvalue weighted by Crippen LogP contribution is -2.42. The number of hydrogen-bond acceptors (Lipinski definition) is 6. The zero-order chi connectivity index (χ0) is 32.3. The molecule has 8 heteroatoms. The molecule has 3 aromatic rings. The van der Waals surface area contributed by atoms with Gasteiger partial charge >= 0.3 is 5.97 Å². The van der Waals surface area contributed by atoms with Gasteiger partial charge in [0.1, 0.15) is 19.0 Å². The van der Waals surface area contributed by atoms with E-state index in [2.05, 4.69) is 23.8 Å². The Hall–Kier alpha value is -4.69. The quantitative estimate of drug-likeness (QED) is 0.0867. The molecular formula is C37H44N2O6. The second-order valence-electron chi connectivity index (χ2n) is 10.8. The number of ether oxygens (including phenoxy) is 2. The smallest absolute Gasteiger partial charge is 0.305 e. The van der Waals surface area contributed by atoms with E-state index in [1.165, 1.54) is 0 Å². The maximum Gasteiger partial charge on any atom is 0.305 e. The number of carbonyl (C=O) groups is 3. The number of allylic oxidation sites excluding steroid dienone is 2. The van der Waals surface area contributed by atoms with Crippen LogP contribution in [0.1, 0.15) is 54.8 Å². The Balaban J connectivity index is 1.55. The predicted molar refractivity (Wildman–Crippen MR) is 175 cm³/mol. The molecule has 3 aromatic carbocycles. The first-order chi connectivity index (χ1) is 21.9. The molecule has 0 aliphatic carbocycles. The van der Waals surface area contributed by atoms with Crippen LogP contribution in [0.5, 0.6) is 5.75 Å². The third-order valence-electron chi connectivity index (χ3n) is 7.21. The summed E-state index contributed by atoms with van der Waals surface area (Å²) in [5.74, 6) is -1.03. The first-order valence-corrected chi connectivity index (χ1v) is 15.3. The number of carbonyl (C=O) groups excluding carboxylic acids is 3. The van der Waals surface area contributed by atoms with Gasteiger partial charge in [-0.25, -0.2) is 0 Å². The van der Waals surface area contributed by atoms with Crippen LogP contribution in [0.15, 0.2) is 110 Å². The van der Waals surface area contributed by atoms with E-state index in [0.29, 0.717) is 25.9 Å². The number of rotatable bonds is 20. The van der Waals surface area contributed by atoms with Crippen LogP contribution in [-0.4, -0.2) is 42.1 Å². The van der Waals surface area contributed by atoms with Crippen molar-refractivity contribution in [3.63, 3.8) is 0 Å². The van der Waals surface area contributed by atoms with Crippen LogP contribution in [0.2, 0.25) is 0 Å². The standard InChI is InChI=1S/C37H44N2O6/c1-3-5-8-18-36(42)45-27-34(30-16-11-7-12-17-30)39-37(43)31(13-4-2)24-35(41)38-32(25-40)23-28-19-21-33(22-20-28)44-26-29-14-9-6-10-15-29/h3-4,6-7,9-12,14-17,19-22,31-32,34,40H,1-2,5,8,13,18,23-27H2,(H,38,41)(H,39,43). The number of benzene rings is 3. The lowest BCUT2D eigenvalue weighted by molar-refractivity contribution is -0.145. The summed E-state index contributed by atoms with van der Waals surface area (Å²) in [5.41, 5.74) is 2.77. The van der Waals surface area contributed by atoms with Crippen molar-refractivity contribution in [1.29, 1.82) is 0 Å². The van der Waals surface area contributed by atoms with Crippen molar-refractivity contribution in [1.82, 2.24) is 10.6 Å². The van der Waals surface area contributed by atoms with E-state index >= 15 is 0 Å². The van der Waals surface area contributed by atoms with Gasteiger partial charge in [0.2, 0.25) is 11.8 Å². The van der Waals surface area contributed by atoms with Crippen molar-refractivity contribution < 1.29 is 29.0 Å². The SMILES string of the molecule is C=CCCCC(=O)OCC(NC(=O)C(CC=C)CC(=O)NC(CO)Cc1ccc(OCc2ccccc2)cc1)c1ccccc1. The summed E-state index contributed by atoms with van der Waals surface area (Å²) in [5, 5.41) is 15.8. The van der Waals surface area contributed by atoms with Gasteiger partial charge in [0, 0.05) is 12.8 Å². The third kappa shape index (κ3) is 12.8. The normalized spacial score (nSPS) is 12.6. The lowest BCUT2D eigenvalue weighted by atomic mass is 9.97. The fraction of sp³-hybridized carbons (Fsp3) is 0.324. The van der Waals surface area contributed by atoms with E-state index in [0.717, 1.165) is 22.4 Å². The Morgan fingerprint density at radius 3 is 2.18 bits per heavy atom. The van der Waals surface area contributed by atoms with Gasteiger partial charge in [-0.05, 0) is 54.5 Å². The van der Waals surface area contributed by atoms with E-state index in [9.17, 15) is 19.5 Å². The third-order valence-corrected chi connectivity index (χ3v) is 7.21. The molecule has 3 atom stereocenters. The molecule has 0 aliphatic rings. The molecule has 0 saturated carbocycles. The van der Waals surface area contributed by atoms with Gasteiger partial charge in [-0.3, -0.25) is 14.4 Å². The van der Waals surface area contributed by atoms with Crippen molar-refractivity contribution in [3.05, 3.63) is 127 Å². The zero-order valence-electron chi connectivity index (χ0n) is 25.7. The molecule has 45 heavy (non-hydrogen) atoms. The van der Waals surface area contributed by atoms with Crippen LogP contribution in [-0.2, 0) is 32.1 Å². The van der Waals surface area contributed by atoms with Crippen molar-refractivity contribution >= 4 is 17.8 Å². The molecule has 0 radical (unpaired) electrons. The monoisotopic (exact) mass is 612 g/mol. The molecule has 8 nitrogen and oxygen atoms in total. The Labute approximate surface area is 266 Å². The molecule has 3 unspecified atom stereocenters. The van der Waals surface area contributed by atoms with Gasteiger partial charge in [-0.2, -0.15) is 0 Å². The van der Waals surface area contributed by atoms with E-state index in [4.69, 9.17) is 9.47 Å². The molecule has 0 saturated heterocycles. The maximum atomic E-state index is 13.4. The Bertz CT molecular complexity index is 1340. The first kappa shape index (κ1) is 34.8. The van der Waals surface area contributed by atoms with Crippen molar-refractivity contribution in [2.45, 2.75) is 57.2 Å². The molecule has 0 aromatic heterocycles. The van der Waals surface area contributed by atoms with Gasteiger partial charge < -0.3 is 25.2 Å². The van der Waals surface area contributed by atoms with Gasteiger partial charge in [0.05, 0.1) is 24.6 Å². The second kappa shape index (κ2) is 19.6. The number of unbranched alkanes of at least 4 members (excludes halogenated alkanes) is 1. The number of aliphatic hydroxyl groups is 1. The van der Waals surface area contributed by atoms with Crippen molar-refractivity contribution in [2.24, 2.45) is 5.92 Å². The van der Waals surface area contributed by atoms with Gasteiger partial charge in [0.25, 0.3) is 0 Å². The number of amides is 2. The Morgan fingerprint density at radius 1 is 0.844 bits per heavy atom. The van der Waals surface area contributed by atoms with Crippen molar-refractivity contribution in [2.75, 3.05) is 13.2 Å². The molecule has 0 spiro atoms. The maximum absolute atomic E-state index is 13.4. The number of aliphatic hydroxyl groups excluding tert-OH is 1. The summed E-state index contributed by atoms with van der Waals surface area (Å²) in [4.78, 5) is 38.6. The summed E-state index contributed by atoms with van der Waals surface area (Å²) < 4.78 is 11.3. The molecule has 0 fully saturated rings. The predicted octanol–water partition coefficient (Wildman–Crippen LogP) is 5.62. The molecule has 0 aliphatic heterocycles. The zero-order valence-corrected chi connectivity index (χ0v) is 25.7. The molecular weight excluding hydrogens is 568 g/mol. The minimum atomic E-state index is -0.697. The summed E-state index contributed by atoms with van der Waals surface area (Å²) in [7, 11) is 0.